The summed E-state index contributed by atoms with van der Waals surface area (Å²) < 4.78 is 27.7. The Hall–Kier alpha value is -3.00. The minimum atomic E-state index is -1.03. The maximum absolute atomic E-state index is 13.9. The zero-order chi connectivity index (χ0) is 24.1. The fraction of sp³-hybridized carbons (Fsp3) is 0.400. The molecule has 2 saturated carbocycles. The van der Waals surface area contributed by atoms with Gasteiger partial charge in [0.25, 0.3) is 5.91 Å². The number of carbonyl (C=O) groups excluding carboxylic acids is 2. The van der Waals surface area contributed by atoms with E-state index in [1.54, 1.807) is 23.1 Å². The van der Waals surface area contributed by atoms with Crippen LogP contribution in [0.1, 0.15) is 60.5 Å². The molecule has 1 aliphatic heterocycles. The van der Waals surface area contributed by atoms with Crippen LogP contribution in [0.2, 0.25) is 5.02 Å². The first-order valence-corrected chi connectivity index (χ1v) is 11.7. The molecule has 3 aliphatic rings. The van der Waals surface area contributed by atoms with E-state index < -0.39 is 23.5 Å². The first-order valence-electron chi connectivity index (χ1n) is 11.4. The number of carboxylic acid groups (broad SMARTS) is 1. The van der Waals surface area contributed by atoms with Crippen LogP contribution in [-0.2, 0) is 9.59 Å². The molecule has 0 radical (unpaired) electrons. The van der Waals surface area contributed by atoms with Gasteiger partial charge in [-0.25, -0.2) is 8.78 Å². The van der Waals surface area contributed by atoms with Gasteiger partial charge >= 0.3 is 5.97 Å². The van der Waals surface area contributed by atoms with Crippen molar-refractivity contribution >= 4 is 35.1 Å². The number of amides is 2. The number of aliphatic carboxylic acids is 1. The molecule has 1 N–H and O–H groups in total. The number of nitrogens with zero attached hydrogens (tertiary/aromatic N) is 2. The van der Waals surface area contributed by atoms with Crippen LogP contribution in [-0.4, -0.2) is 39.9 Å². The lowest BCUT2D eigenvalue weighted by Gasteiger charge is -2.55. The SMILES string of the molecule is O=C(O)CCC(=O)N(C1CC1)C1c2ccc(Cl)cc2N(C(=O)c2cc(F)cc(F)c2)C2CCC21. The summed E-state index contributed by atoms with van der Waals surface area (Å²) in [7, 11) is 0. The third-order valence-electron chi connectivity index (χ3n) is 7.01. The lowest BCUT2D eigenvalue weighted by Crippen LogP contribution is -2.59. The van der Waals surface area contributed by atoms with E-state index in [2.05, 4.69) is 0 Å². The number of hydrogen-bond donors (Lipinski definition) is 1. The van der Waals surface area contributed by atoms with Crippen molar-refractivity contribution in [1.29, 1.82) is 0 Å². The van der Waals surface area contributed by atoms with Crippen molar-refractivity contribution in [2.24, 2.45) is 5.92 Å². The van der Waals surface area contributed by atoms with Crippen molar-refractivity contribution in [3.63, 3.8) is 0 Å². The number of rotatable bonds is 6. The van der Waals surface area contributed by atoms with E-state index in [1.165, 1.54) is 0 Å². The lowest BCUT2D eigenvalue weighted by molar-refractivity contribution is -0.143. The quantitative estimate of drug-likeness (QED) is 0.623. The Bertz CT molecular complexity index is 1170. The second-order valence-corrected chi connectivity index (χ2v) is 9.65. The van der Waals surface area contributed by atoms with Gasteiger partial charge in [-0.05, 0) is 55.5 Å². The third-order valence-corrected chi connectivity index (χ3v) is 7.24. The minimum Gasteiger partial charge on any atom is -0.481 e. The molecule has 0 aromatic heterocycles. The number of carboxylic acids is 1. The van der Waals surface area contributed by atoms with Gasteiger partial charge < -0.3 is 14.9 Å². The van der Waals surface area contributed by atoms with E-state index in [-0.39, 0.29) is 48.4 Å². The van der Waals surface area contributed by atoms with E-state index in [9.17, 15) is 23.2 Å². The van der Waals surface area contributed by atoms with Crippen LogP contribution in [0.5, 0.6) is 0 Å². The third kappa shape index (κ3) is 4.04. The van der Waals surface area contributed by atoms with Crippen molar-refractivity contribution < 1.29 is 28.3 Å². The Morgan fingerprint density at radius 1 is 1.00 bits per heavy atom. The molecule has 178 valence electrons. The van der Waals surface area contributed by atoms with Crippen LogP contribution in [0, 0.1) is 17.6 Å². The van der Waals surface area contributed by atoms with E-state index in [0.717, 1.165) is 43.0 Å². The predicted molar refractivity (Wildman–Crippen MR) is 121 cm³/mol. The molecule has 6 nitrogen and oxygen atoms in total. The van der Waals surface area contributed by atoms with Gasteiger partial charge in [0, 0.05) is 41.1 Å². The fourth-order valence-corrected chi connectivity index (χ4v) is 5.46. The summed E-state index contributed by atoms with van der Waals surface area (Å²) in [5, 5.41) is 9.46. The summed E-state index contributed by atoms with van der Waals surface area (Å²) in [6, 6.07) is 7.36. The number of fused-ring (bicyclic) bond motifs is 2. The predicted octanol–water partition coefficient (Wildman–Crippen LogP) is 4.95. The van der Waals surface area contributed by atoms with Crippen molar-refractivity contribution in [2.45, 2.75) is 56.7 Å². The standard InChI is InChI=1S/C25H23ClF2N2O4/c26-14-1-4-19-21(11-14)30(25(34)13-9-15(27)12-16(28)10-13)20-6-5-18(20)24(19)29(17-2-3-17)22(31)7-8-23(32)33/h1,4,9-12,17-18,20,24H,2-3,5-8H2,(H,32,33). The van der Waals surface area contributed by atoms with Gasteiger partial charge in [0.05, 0.1) is 18.2 Å². The van der Waals surface area contributed by atoms with E-state index >= 15 is 0 Å². The molecular weight excluding hydrogens is 466 g/mol. The molecule has 2 aromatic carbocycles. The lowest BCUT2D eigenvalue weighted by atomic mass is 9.67. The van der Waals surface area contributed by atoms with E-state index in [1.807, 2.05) is 4.90 Å². The van der Waals surface area contributed by atoms with Gasteiger partial charge in [0.15, 0.2) is 0 Å². The highest BCUT2D eigenvalue weighted by atomic mass is 35.5. The van der Waals surface area contributed by atoms with Gasteiger partial charge in [-0.3, -0.25) is 14.4 Å². The van der Waals surface area contributed by atoms with Gasteiger partial charge in [-0.2, -0.15) is 0 Å². The molecule has 2 aliphatic carbocycles. The highest BCUT2D eigenvalue weighted by molar-refractivity contribution is 6.31. The smallest absolute Gasteiger partial charge is 0.303 e. The summed E-state index contributed by atoms with van der Waals surface area (Å²) in [5.41, 5.74) is 1.17. The van der Waals surface area contributed by atoms with Gasteiger partial charge in [0.1, 0.15) is 11.6 Å². The molecule has 2 amide bonds. The number of carbonyl (C=O) groups is 3. The van der Waals surface area contributed by atoms with Crippen molar-refractivity contribution in [2.75, 3.05) is 4.90 Å². The minimum absolute atomic E-state index is 0.0376. The Labute approximate surface area is 200 Å². The summed E-state index contributed by atoms with van der Waals surface area (Å²) in [4.78, 5) is 41.1. The zero-order valence-electron chi connectivity index (χ0n) is 18.2. The average molecular weight is 489 g/mol. The molecule has 2 aromatic rings. The largest absolute Gasteiger partial charge is 0.481 e. The normalized spacial score (nSPS) is 22.9. The maximum Gasteiger partial charge on any atom is 0.303 e. The van der Waals surface area contributed by atoms with Crippen molar-refractivity contribution in [1.82, 2.24) is 4.90 Å². The molecule has 0 spiro atoms. The molecule has 2 fully saturated rings. The molecule has 3 unspecified atom stereocenters. The van der Waals surface area contributed by atoms with Gasteiger partial charge in [-0.1, -0.05) is 17.7 Å². The highest BCUT2D eigenvalue weighted by Gasteiger charge is 2.53. The number of hydrogen-bond acceptors (Lipinski definition) is 3. The van der Waals surface area contributed by atoms with Crippen LogP contribution >= 0.6 is 11.6 Å². The van der Waals surface area contributed by atoms with Crippen LogP contribution in [0.3, 0.4) is 0 Å². The van der Waals surface area contributed by atoms with Gasteiger partial charge in [-0.15, -0.1) is 0 Å². The molecule has 1 heterocycles. The molecular formula is C25H23ClF2N2O4. The Morgan fingerprint density at radius 2 is 1.71 bits per heavy atom. The van der Waals surface area contributed by atoms with Crippen LogP contribution < -0.4 is 4.90 Å². The van der Waals surface area contributed by atoms with E-state index in [4.69, 9.17) is 16.7 Å². The topological polar surface area (TPSA) is 77.9 Å². The van der Waals surface area contributed by atoms with E-state index in [0.29, 0.717) is 17.1 Å². The van der Waals surface area contributed by atoms with Gasteiger partial charge in [0.2, 0.25) is 5.91 Å². The molecule has 34 heavy (non-hydrogen) atoms. The molecule has 0 saturated heterocycles. The highest BCUT2D eigenvalue weighted by Crippen LogP contribution is 2.55. The van der Waals surface area contributed by atoms with Crippen molar-refractivity contribution in [3.05, 3.63) is 64.2 Å². The molecule has 0 bridgehead atoms. The Balaban J connectivity index is 1.57. The Morgan fingerprint density at radius 3 is 2.29 bits per heavy atom. The molecule has 5 rings (SSSR count). The first-order chi connectivity index (χ1) is 16.2. The summed E-state index contributed by atoms with van der Waals surface area (Å²) in [6.45, 7) is 0. The van der Waals surface area contributed by atoms with Crippen molar-refractivity contribution in [3.8, 4) is 0 Å². The monoisotopic (exact) mass is 488 g/mol. The van der Waals surface area contributed by atoms with Crippen LogP contribution in [0.15, 0.2) is 36.4 Å². The molecule has 9 heteroatoms. The molecule has 3 atom stereocenters. The number of benzene rings is 2. The fourth-order valence-electron chi connectivity index (χ4n) is 5.30. The number of anilines is 1. The zero-order valence-corrected chi connectivity index (χ0v) is 19.0. The summed E-state index contributed by atoms with van der Waals surface area (Å²) >= 11 is 6.29. The second-order valence-electron chi connectivity index (χ2n) is 9.22. The first kappa shape index (κ1) is 22.8. The average Bonchev–Trinajstić information content (AvgIpc) is 3.58. The second kappa shape index (κ2) is 8.65. The van der Waals surface area contributed by atoms with Crippen LogP contribution in [0.4, 0.5) is 14.5 Å². The Kier molecular flexibility index (Phi) is 5.80. The summed E-state index contributed by atoms with van der Waals surface area (Å²) in [5.74, 6) is -3.50. The maximum atomic E-state index is 13.9. The number of halogens is 3. The van der Waals surface area contributed by atoms with Crippen LogP contribution in [0.25, 0.3) is 0 Å². The summed E-state index contributed by atoms with van der Waals surface area (Å²) in [6.07, 6.45) is 2.81.